The van der Waals surface area contributed by atoms with E-state index in [1.54, 1.807) is 0 Å². The fourth-order valence-electron chi connectivity index (χ4n) is 2.52. The Morgan fingerprint density at radius 1 is 1.11 bits per heavy atom. The Morgan fingerprint density at radius 2 is 1.78 bits per heavy atom. The number of aliphatic hydroxyl groups is 1. The summed E-state index contributed by atoms with van der Waals surface area (Å²) < 4.78 is 0. The normalized spacial score (nSPS) is 18.6. The van der Waals surface area contributed by atoms with E-state index in [0.717, 1.165) is 57.9 Å². The molecule has 0 aromatic carbocycles. The summed E-state index contributed by atoms with van der Waals surface area (Å²) in [6.07, 6.45) is 9.71. The highest BCUT2D eigenvalue weighted by Gasteiger charge is 2.29. The molecule has 0 radical (unpaired) electrons. The molecule has 0 aliphatic heterocycles. The molecule has 1 aliphatic rings. The molecule has 106 valence electrons. The number of carbonyl (C=O) groups is 1. The molecule has 1 fully saturated rings. The van der Waals surface area contributed by atoms with E-state index in [1.807, 2.05) is 0 Å². The van der Waals surface area contributed by atoms with Crippen LogP contribution in [0.5, 0.6) is 0 Å². The molecule has 4 heteroatoms. The van der Waals surface area contributed by atoms with Crippen molar-refractivity contribution in [3.05, 3.63) is 0 Å². The van der Waals surface area contributed by atoms with Crippen LogP contribution in [0.2, 0.25) is 0 Å². The Hall–Kier alpha value is -0.610. The van der Waals surface area contributed by atoms with Gasteiger partial charge in [0.2, 0.25) is 5.91 Å². The summed E-state index contributed by atoms with van der Waals surface area (Å²) >= 11 is 0. The van der Waals surface area contributed by atoms with Crippen LogP contribution in [-0.4, -0.2) is 29.7 Å². The van der Waals surface area contributed by atoms with Gasteiger partial charge in [0.05, 0.1) is 5.60 Å². The van der Waals surface area contributed by atoms with Crippen LogP contribution in [0.25, 0.3) is 0 Å². The number of amides is 1. The predicted molar refractivity (Wildman–Crippen MR) is 73.2 cm³/mol. The van der Waals surface area contributed by atoms with E-state index in [2.05, 4.69) is 5.32 Å². The van der Waals surface area contributed by atoms with Gasteiger partial charge in [-0.25, -0.2) is 0 Å². The summed E-state index contributed by atoms with van der Waals surface area (Å²) in [4.78, 5) is 11.6. The molecule has 4 N–H and O–H groups in total. The topological polar surface area (TPSA) is 75.4 Å². The number of hydrogen-bond donors (Lipinski definition) is 3. The number of unbranched alkanes of at least 4 members (excludes halogenated alkanes) is 3. The number of nitrogens with two attached hydrogens (primary N) is 1. The van der Waals surface area contributed by atoms with Gasteiger partial charge in [-0.2, -0.15) is 0 Å². The van der Waals surface area contributed by atoms with Gasteiger partial charge in [0, 0.05) is 13.0 Å². The molecule has 0 bridgehead atoms. The highest BCUT2D eigenvalue weighted by molar-refractivity contribution is 5.75. The smallest absolute Gasteiger partial charge is 0.220 e. The maximum atomic E-state index is 11.6. The second-order valence-corrected chi connectivity index (χ2v) is 5.51. The van der Waals surface area contributed by atoms with E-state index in [0.29, 0.717) is 13.0 Å². The first kappa shape index (κ1) is 15.4. The Kier molecular flexibility index (Phi) is 7.28. The first-order valence-corrected chi connectivity index (χ1v) is 7.35. The van der Waals surface area contributed by atoms with Crippen molar-refractivity contribution >= 4 is 5.91 Å². The van der Waals surface area contributed by atoms with E-state index in [-0.39, 0.29) is 5.91 Å². The number of carbonyl (C=O) groups excluding carboxylic acids is 1. The van der Waals surface area contributed by atoms with Crippen molar-refractivity contribution in [2.75, 3.05) is 13.1 Å². The minimum absolute atomic E-state index is 0.0711. The lowest BCUT2D eigenvalue weighted by molar-refractivity contribution is -0.122. The Bertz CT molecular complexity index is 238. The molecular weight excluding hydrogens is 228 g/mol. The molecule has 4 nitrogen and oxygen atoms in total. The summed E-state index contributed by atoms with van der Waals surface area (Å²) in [5, 5.41) is 13.1. The van der Waals surface area contributed by atoms with Crippen molar-refractivity contribution in [1.82, 2.24) is 5.32 Å². The second-order valence-electron chi connectivity index (χ2n) is 5.51. The van der Waals surface area contributed by atoms with Gasteiger partial charge in [-0.1, -0.05) is 32.1 Å². The zero-order chi connectivity index (χ0) is 13.3. The summed E-state index contributed by atoms with van der Waals surface area (Å²) in [6.45, 7) is 1.16. The van der Waals surface area contributed by atoms with Gasteiger partial charge in [0.15, 0.2) is 0 Å². The second kappa shape index (κ2) is 8.48. The lowest BCUT2D eigenvalue weighted by Gasteiger charge is -2.32. The summed E-state index contributed by atoms with van der Waals surface area (Å²) in [5.41, 5.74) is 4.76. The van der Waals surface area contributed by atoms with Crippen molar-refractivity contribution in [1.29, 1.82) is 0 Å². The molecule has 0 saturated heterocycles. The van der Waals surface area contributed by atoms with Crippen LogP contribution in [0.3, 0.4) is 0 Å². The van der Waals surface area contributed by atoms with E-state index in [9.17, 15) is 9.90 Å². The fourth-order valence-corrected chi connectivity index (χ4v) is 2.52. The molecule has 0 aromatic rings. The van der Waals surface area contributed by atoms with Crippen molar-refractivity contribution < 1.29 is 9.90 Å². The van der Waals surface area contributed by atoms with Crippen molar-refractivity contribution in [2.24, 2.45) is 5.73 Å². The standard InChI is InChI=1S/C14H28N2O2/c15-11-7-2-1-4-8-13(17)16-12-14(18)9-5-3-6-10-14/h18H,1-12,15H2,(H,16,17). The number of hydrogen-bond acceptors (Lipinski definition) is 3. The van der Waals surface area contributed by atoms with Crippen LogP contribution in [0, 0.1) is 0 Å². The summed E-state index contributed by atoms with van der Waals surface area (Å²) in [6, 6.07) is 0. The lowest BCUT2D eigenvalue weighted by Crippen LogP contribution is -2.44. The predicted octanol–water partition coefficient (Wildman–Crippen LogP) is 1.71. The van der Waals surface area contributed by atoms with Crippen molar-refractivity contribution in [3.63, 3.8) is 0 Å². The minimum Gasteiger partial charge on any atom is -0.388 e. The van der Waals surface area contributed by atoms with Gasteiger partial charge in [-0.05, 0) is 32.2 Å². The summed E-state index contributed by atoms with van der Waals surface area (Å²) in [5.74, 6) is 0.0711. The van der Waals surface area contributed by atoms with Crippen LogP contribution in [0.4, 0.5) is 0 Å². The minimum atomic E-state index is -0.645. The molecule has 0 heterocycles. The van der Waals surface area contributed by atoms with Crippen LogP contribution in [-0.2, 0) is 4.79 Å². The van der Waals surface area contributed by atoms with Crippen molar-refractivity contribution in [3.8, 4) is 0 Å². The molecule has 18 heavy (non-hydrogen) atoms. The average Bonchev–Trinajstić information content (AvgIpc) is 2.37. The Morgan fingerprint density at radius 3 is 2.44 bits per heavy atom. The molecule has 0 unspecified atom stereocenters. The largest absolute Gasteiger partial charge is 0.388 e. The molecule has 1 amide bonds. The maximum absolute atomic E-state index is 11.6. The molecule has 1 aliphatic carbocycles. The zero-order valence-corrected chi connectivity index (χ0v) is 11.4. The monoisotopic (exact) mass is 256 g/mol. The first-order chi connectivity index (χ1) is 8.66. The maximum Gasteiger partial charge on any atom is 0.220 e. The SMILES string of the molecule is NCCCCCCC(=O)NCC1(O)CCCCC1. The fraction of sp³-hybridized carbons (Fsp3) is 0.929. The van der Waals surface area contributed by atoms with Gasteiger partial charge in [0.25, 0.3) is 0 Å². The molecule has 0 aromatic heterocycles. The van der Waals surface area contributed by atoms with Crippen LogP contribution in [0.1, 0.15) is 64.2 Å². The third-order valence-corrected chi connectivity index (χ3v) is 3.76. The first-order valence-electron chi connectivity index (χ1n) is 7.35. The van der Waals surface area contributed by atoms with E-state index >= 15 is 0 Å². The molecule has 0 spiro atoms. The lowest BCUT2D eigenvalue weighted by atomic mass is 9.85. The van der Waals surface area contributed by atoms with E-state index < -0.39 is 5.60 Å². The molecule has 1 saturated carbocycles. The highest BCUT2D eigenvalue weighted by Crippen LogP contribution is 2.27. The van der Waals surface area contributed by atoms with Gasteiger partial charge >= 0.3 is 0 Å². The van der Waals surface area contributed by atoms with E-state index in [1.165, 1.54) is 6.42 Å². The van der Waals surface area contributed by atoms with Crippen LogP contribution < -0.4 is 11.1 Å². The molecular formula is C14H28N2O2. The van der Waals surface area contributed by atoms with Gasteiger partial charge in [0.1, 0.15) is 0 Å². The third-order valence-electron chi connectivity index (χ3n) is 3.76. The quantitative estimate of drug-likeness (QED) is 0.579. The van der Waals surface area contributed by atoms with Crippen LogP contribution >= 0.6 is 0 Å². The number of nitrogens with one attached hydrogen (secondary N) is 1. The Labute approximate surface area is 110 Å². The molecule has 0 atom stereocenters. The average molecular weight is 256 g/mol. The van der Waals surface area contributed by atoms with Gasteiger partial charge < -0.3 is 16.2 Å². The van der Waals surface area contributed by atoms with Crippen LogP contribution in [0.15, 0.2) is 0 Å². The summed E-state index contributed by atoms with van der Waals surface area (Å²) in [7, 11) is 0. The Balaban J connectivity index is 2.05. The third kappa shape index (κ3) is 6.36. The molecule has 1 rings (SSSR count). The highest BCUT2D eigenvalue weighted by atomic mass is 16.3. The van der Waals surface area contributed by atoms with Crippen molar-refractivity contribution in [2.45, 2.75) is 69.8 Å². The van der Waals surface area contributed by atoms with E-state index in [4.69, 9.17) is 5.73 Å². The number of rotatable bonds is 8. The van der Waals surface area contributed by atoms with Gasteiger partial charge in [-0.3, -0.25) is 4.79 Å². The zero-order valence-electron chi connectivity index (χ0n) is 11.4. The van der Waals surface area contributed by atoms with Gasteiger partial charge in [-0.15, -0.1) is 0 Å².